The van der Waals surface area contributed by atoms with Crippen LogP contribution in [-0.2, 0) is 36.3 Å². The summed E-state index contributed by atoms with van der Waals surface area (Å²) < 4.78 is 69.3. The minimum absolute atomic E-state index is 0.0386. The standard InChI is InChI=1S/C50H58N9O19P3/c1-9-58-33-18-35-31(16-28(33)24(3)20-49(58,5)6)38(32-17-29-25(4)21-50(7,8)59(10-2)34(29)19-36(32)74-35)27-12-11-26(15-30(27)46(63)64)43(61)52-13-14-53-48(65)76-41-37(22-73-80(69,70)78-81(71,72)77-79(66,67)68)75-45(40(41)60)57-23-54-39-42(57)55-47(51)56-44(39)62/h11-12,15-21,23,37,40-41,45,60H,9-10,13-14,22H2,1-8H3,(H9-,51,52,53,55,56,61,62,63,64,65,66,67,68,69,70,71,72)/p+1/t37-,40-,41-,45-/m1/s1. The van der Waals surface area contributed by atoms with E-state index in [2.05, 4.69) is 97.4 Å². The van der Waals surface area contributed by atoms with E-state index in [4.69, 9.17) is 34.3 Å². The zero-order valence-corrected chi connectivity index (χ0v) is 47.4. The quantitative estimate of drug-likeness (QED) is 0.0354. The van der Waals surface area contributed by atoms with Crippen LogP contribution in [0.1, 0.15) is 105 Å². The lowest BCUT2D eigenvalue weighted by atomic mass is 9.83. The molecule has 2 aromatic heterocycles. The number of fused-ring (bicyclic) bond motifs is 5. The van der Waals surface area contributed by atoms with E-state index in [0.717, 1.165) is 44.2 Å². The lowest BCUT2D eigenvalue weighted by molar-refractivity contribution is -0.0508. The van der Waals surface area contributed by atoms with E-state index < -0.39 is 78.1 Å². The molecule has 1 saturated heterocycles. The van der Waals surface area contributed by atoms with Crippen LogP contribution >= 0.6 is 23.5 Å². The Bertz CT molecular complexity index is 3890. The Hall–Kier alpha value is -6.90. The van der Waals surface area contributed by atoms with Crippen molar-refractivity contribution in [2.24, 2.45) is 0 Å². The van der Waals surface area contributed by atoms with Crippen LogP contribution in [0.4, 0.5) is 16.4 Å². The molecule has 28 nitrogen and oxygen atoms in total. The molecule has 0 radical (unpaired) electrons. The number of nitrogen functional groups attached to an aromatic ring is 1. The van der Waals surface area contributed by atoms with Crippen molar-refractivity contribution in [3.63, 3.8) is 0 Å². The Balaban J connectivity index is 0.964. The van der Waals surface area contributed by atoms with Gasteiger partial charge in [-0.25, -0.2) is 32.8 Å². The number of rotatable bonds is 17. The number of benzene rings is 3. The van der Waals surface area contributed by atoms with Gasteiger partial charge in [-0.1, -0.05) is 12.1 Å². The van der Waals surface area contributed by atoms with E-state index in [1.807, 2.05) is 38.1 Å². The van der Waals surface area contributed by atoms with Gasteiger partial charge in [0, 0.05) is 78.3 Å². The van der Waals surface area contributed by atoms with Gasteiger partial charge in [0.05, 0.1) is 30.1 Å². The summed E-state index contributed by atoms with van der Waals surface area (Å²) in [6.07, 6.45) is -3.04. The van der Waals surface area contributed by atoms with Crippen LogP contribution in [0.5, 0.6) is 11.5 Å². The Morgan fingerprint density at radius 3 is 2.27 bits per heavy atom. The van der Waals surface area contributed by atoms with Crippen molar-refractivity contribution in [2.45, 2.75) is 91.0 Å². The number of carboxylic acid groups (broad SMARTS) is 1. The zero-order valence-electron chi connectivity index (χ0n) is 44.8. The Labute approximate surface area is 460 Å². The molecule has 2 amide bonds. The third-order valence-electron chi connectivity index (χ3n) is 14.1. The number of anilines is 2. The molecular weight excluding hydrogens is 1120 g/mol. The fraction of sp³-hybridized carbons (Fsp3) is 0.380. The second-order valence-electron chi connectivity index (χ2n) is 20.5. The van der Waals surface area contributed by atoms with Gasteiger partial charge in [0.1, 0.15) is 30.3 Å². The maximum atomic E-state index is 13.8. The summed E-state index contributed by atoms with van der Waals surface area (Å²) in [5.74, 6) is -1.36. The topological polar surface area (TPSA) is 399 Å². The second kappa shape index (κ2) is 21.5. The molecule has 1 fully saturated rings. The van der Waals surface area contributed by atoms with Crippen molar-refractivity contribution in [1.82, 2.24) is 34.7 Å². The molecule has 6 atom stereocenters. The first-order valence-corrected chi connectivity index (χ1v) is 29.7. The second-order valence-corrected chi connectivity index (χ2v) is 24.9. The number of aromatic amines is 1. The fourth-order valence-electron chi connectivity index (χ4n) is 11.0. The predicted molar refractivity (Wildman–Crippen MR) is 290 cm³/mol. The van der Waals surface area contributed by atoms with Crippen molar-refractivity contribution in [3.05, 3.63) is 115 Å². The molecule has 0 bridgehead atoms. The number of carbonyl (C=O) groups is 3. The lowest BCUT2D eigenvalue weighted by Crippen LogP contribution is -2.49. The number of imidazole rings is 1. The summed E-state index contributed by atoms with van der Waals surface area (Å²) in [5, 5.41) is 29.0. The summed E-state index contributed by atoms with van der Waals surface area (Å²) in [4.78, 5) is 103. The molecule has 2 unspecified atom stereocenters. The Morgan fingerprint density at radius 2 is 1.59 bits per heavy atom. The summed E-state index contributed by atoms with van der Waals surface area (Å²) in [6.45, 7) is 16.4. The number of amides is 2. The minimum Gasteiger partial charge on any atom is -0.478 e. The zero-order chi connectivity index (χ0) is 59.1. The van der Waals surface area contributed by atoms with Crippen LogP contribution in [0, 0.1) is 0 Å². The molecule has 4 aliphatic heterocycles. The van der Waals surface area contributed by atoms with Gasteiger partial charge in [-0.15, -0.1) is 0 Å². The Kier molecular flexibility index (Phi) is 15.6. The number of likely N-dealkylation sites (N-methyl/N-ethyl adjacent to an activating group) is 2. The van der Waals surface area contributed by atoms with Gasteiger partial charge in [-0.2, -0.15) is 13.6 Å². The van der Waals surface area contributed by atoms with Crippen LogP contribution in [0.25, 0.3) is 27.9 Å². The molecule has 31 heteroatoms. The van der Waals surface area contributed by atoms with Crippen LogP contribution < -0.4 is 46.7 Å². The number of H-pyrrole nitrogens is 1. The van der Waals surface area contributed by atoms with Crippen LogP contribution in [0.3, 0.4) is 0 Å². The van der Waals surface area contributed by atoms with Gasteiger partial charge in [0.2, 0.25) is 11.3 Å². The highest BCUT2D eigenvalue weighted by atomic mass is 31.3. The Morgan fingerprint density at radius 1 is 0.889 bits per heavy atom. The maximum absolute atomic E-state index is 13.8. The largest absolute Gasteiger partial charge is 0.490 e. The first-order chi connectivity index (χ1) is 37.8. The van der Waals surface area contributed by atoms with Crippen molar-refractivity contribution in [3.8, 4) is 11.5 Å². The molecule has 4 aliphatic rings. The van der Waals surface area contributed by atoms with Crippen molar-refractivity contribution >= 4 is 81.0 Å². The van der Waals surface area contributed by atoms with Crippen LogP contribution in [0.15, 0.2) is 65.7 Å². The van der Waals surface area contributed by atoms with Crippen molar-refractivity contribution in [1.29, 1.82) is 0 Å². The summed E-state index contributed by atoms with van der Waals surface area (Å²) in [6, 6.07) is 12.4. The number of aliphatic hydroxyl groups excluding tert-OH is 1. The predicted octanol–water partition coefficient (Wildman–Crippen LogP) is 3.61. The number of phosphoric acid groups is 3. The number of hydrogen-bond acceptors (Lipinski definition) is 18. The number of nitrogens with zero attached hydrogens (tertiary/aromatic N) is 5. The average Bonchev–Trinajstić information content (AvgIpc) is 4.06. The molecule has 0 saturated carbocycles. The van der Waals surface area contributed by atoms with Gasteiger partial charge in [-0.3, -0.25) is 23.7 Å². The number of aromatic nitrogens is 4. The number of nitrogens with two attached hydrogens (primary N) is 1. The number of phosphoric ester groups is 1. The van der Waals surface area contributed by atoms with Crippen molar-refractivity contribution in [2.75, 3.05) is 43.4 Å². The smallest absolute Gasteiger partial charge is 0.478 e. The molecule has 81 heavy (non-hydrogen) atoms. The monoisotopic (exact) mass is 1180 g/mol. The lowest BCUT2D eigenvalue weighted by Gasteiger charge is -2.43. The van der Waals surface area contributed by atoms with Crippen LogP contribution in [-0.4, -0.2) is 129 Å². The molecule has 0 spiro atoms. The number of carboxylic acids is 1. The number of allylic oxidation sites excluding steroid dienone is 2. The van der Waals surface area contributed by atoms with Crippen molar-refractivity contribution < 1.29 is 85.2 Å². The average molecular weight is 1180 g/mol. The first-order valence-electron chi connectivity index (χ1n) is 25.1. The van der Waals surface area contributed by atoms with Gasteiger partial charge in [0.25, 0.3) is 11.5 Å². The molecule has 9 rings (SSSR count). The number of aliphatic hydroxyl groups is 1. The number of alkyl carbamates (subject to hydrolysis) is 1. The van der Waals surface area contributed by atoms with E-state index >= 15 is 0 Å². The number of carbonyl (C=O) groups excluding carboxylic acids is 2. The third-order valence-corrected chi connectivity index (χ3v) is 17.9. The number of hydrogen-bond donors (Lipinski definition) is 10. The van der Waals surface area contributed by atoms with E-state index in [1.54, 1.807) is 6.07 Å². The summed E-state index contributed by atoms with van der Waals surface area (Å²) >= 11 is 0. The summed E-state index contributed by atoms with van der Waals surface area (Å²) in [7, 11) is -17.5. The SMILES string of the molecule is CCN1c2cc3c(cc2C(C)=CC1(C)C)C(c1ccc(C(=O)NCCNC(=O)O[C@H]2[C@@H](O)[C@H](n4cnc5c(=O)[nH]c(N)nc54)O[C@@H]2COP(=O)(O)OP(=O)(O)OP(=O)(O)O)cc1C(=O)O)=c1cc2c(cc1O3)=[N+](CC)C(C)(C)C=C2C. The van der Waals surface area contributed by atoms with Gasteiger partial charge < -0.3 is 65.3 Å². The third kappa shape index (κ3) is 11.7. The highest BCUT2D eigenvalue weighted by Gasteiger charge is 2.50. The number of ether oxygens (including phenoxy) is 3. The van der Waals surface area contributed by atoms with Gasteiger partial charge in [-0.05, 0) is 88.6 Å². The van der Waals surface area contributed by atoms with Gasteiger partial charge in [0.15, 0.2) is 29.0 Å². The van der Waals surface area contributed by atoms with E-state index in [-0.39, 0.29) is 52.4 Å². The molecular formula is C50H59N9O19P3+. The molecule has 11 N–H and O–H groups in total. The first kappa shape index (κ1) is 58.7. The van der Waals surface area contributed by atoms with E-state index in [1.165, 1.54) is 12.1 Å². The molecule has 5 aromatic rings. The highest BCUT2D eigenvalue weighted by molar-refractivity contribution is 7.66. The number of aromatic carboxylic acids is 1. The molecule has 432 valence electrons. The number of nitrogens with one attached hydrogen (secondary N) is 3. The van der Waals surface area contributed by atoms with Crippen LogP contribution in [0.2, 0.25) is 0 Å². The minimum atomic E-state index is -5.96. The normalized spacial score (nSPS) is 21.3. The van der Waals surface area contributed by atoms with E-state index in [9.17, 15) is 52.9 Å². The highest BCUT2D eigenvalue weighted by Crippen LogP contribution is 2.66. The maximum Gasteiger partial charge on any atom is 0.490 e. The fourth-order valence-corrected chi connectivity index (χ4v) is 14.0. The molecule has 3 aromatic carbocycles. The molecule has 6 heterocycles. The molecule has 0 aliphatic carbocycles. The van der Waals surface area contributed by atoms with E-state index in [0.29, 0.717) is 46.5 Å². The van der Waals surface area contributed by atoms with Gasteiger partial charge >= 0.3 is 35.5 Å². The summed E-state index contributed by atoms with van der Waals surface area (Å²) in [5.41, 5.74) is 10.1.